The molecule has 2 rings (SSSR count). The number of nitrogens with zero attached hydrogens (tertiary/aromatic N) is 4. The van der Waals surface area contributed by atoms with Gasteiger partial charge in [0.1, 0.15) is 5.75 Å². The van der Waals surface area contributed by atoms with E-state index in [0.29, 0.717) is 19.5 Å². The van der Waals surface area contributed by atoms with Gasteiger partial charge in [0.25, 0.3) is 0 Å². The highest BCUT2D eigenvalue weighted by molar-refractivity contribution is 5.27. The van der Waals surface area contributed by atoms with Gasteiger partial charge in [-0.05, 0) is 34.7 Å². The maximum Gasteiger partial charge on any atom is 0.152 e. The van der Waals surface area contributed by atoms with Crippen molar-refractivity contribution in [2.75, 3.05) is 13.7 Å². The third kappa shape index (κ3) is 2.79. The Labute approximate surface area is 99.4 Å². The number of nitrogens with two attached hydrogens (primary N) is 1. The van der Waals surface area contributed by atoms with Gasteiger partial charge in [-0.3, -0.25) is 0 Å². The zero-order valence-corrected chi connectivity index (χ0v) is 9.71. The molecule has 0 aliphatic rings. The van der Waals surface area contributed by atoms with Crippen molar-refractivity contribution in [1.29, 1.82) is 0 Å². The Morgan fingerprint density at radius 3 is 2.71 bits per heavy atom. The summed E-state index contributed by atoms with van der Waals surface area (Å²) >= 11 is 0. The fraction of sp³-hybridized carbons (Fsp3) is 0.364. The highest BCUT2D eigenvalue weighted by Gasteiger charge is 2.05. The van der Waals surface area contributed by atoms with Gasteiger partial charge >= 0.3 is 0 Å². The molecule has 0 saturated carbocycles. The van der Waals surface area contributed by atoms with Gasteiger partial charge in [-0.15, -0.1) is 5.10 Å². The van der Waals surface area contributed by atoms with Crippen LogP contribution in [0.2, 0.25) is 0 Å². The molecule has 0 unspecified atom stereocenters. The Balaban J connectivity index is 2.10. The van der Waals surface area contributed by atoms with Crippen LogP contribution in [0.15, 0.2) is 24.3 Å². The average Bonchev–Trinajstić information content (AvgIpc) is 2.78. The number of tetrazole rings is 1. The van der Waals surface area contributed by atoms with Crippen LogP contribution in [-0.2, 0) is 13.0 Å². The fourth-order valence-corrected chi connectivity index (χ4v) is 1.56. The third-order valence-electron chi connectivity index (χ3n) is 2.47. The number of ether oxygens (including phenoxy) is 1. The first-order valence-corrected chi connectivity index (χ1v) is 5.41. The van der Waals surface area contributed by atoms with Crippen molar-refractivity contribution >= 4 is 0 Å². The van der Waals surface area contributed by atoms with Crippen molar-refractivity contribution < 1.29 is 4.74 Å². The SMILES string of the molecule is COc1ccc(Cn2nnnc2CCN)cc1. The molecule has 1 aromatic carbocycles. The summed E-state index contributed by atoms with van der Waals surface area (Å²) in [5.74, 6) is 1.65. The summed E-state index contributed by atoms with van der Waals surface area (Å²) in [4.78, 5) is 0. The average molecular weight is 233 g/mol. The molecule has 0 spiro atoms. The molecule has 6 heteroatoms. The van der Waals surface area contributed by atoms with Gasteiger partial charge in [-0.2, -0.15) is 0 Å². The number of hydrogen-bond acceptors (Lipinski definition) is 5. The van der Waals surface area contributed by atoms with E-state index in [9.17, 15) is 0 Å². The lowest BCUT2D eigenvalue weighted by atomic mass is 10.2. The molecule has 2 N–H and O–H groups in total. The fourth-order valence-electron chi connectivity index (χ4n) is 1.56. The smallest absolute Gasteiger partial charge is 0.152 e. The number of hydrogen-bond donors (Lipinski definition) is 1. The molecule has 2 aromatic rings. The Morgan fingerprint density at radius 1 is 1.29 bits per heavy atom. The Morgan fingerprint density at radius 2 is 2.06 bits per heavy atom. The normalized spacial score (nSPS) is 10.5. The van der Waals surface area contributed by atoms with Gasteiger partial charge in [0.2, 0.25) is 0 Å². The second kappa shape index (κ2) is 5.40. The third-order valence-corrected chi connectivity index (χ3v) is 2.47. The van der Waals surface area contributed by atoms with Crippen molar-refractivity contribution in [3.8, 4) is 5.75 Å². The van der Waals surface area contributed by atoms with E-state index in [-0.39, 0.29) is 0 Å². The molecule has 6 nitrogen and oxygen atoms in total. The Bertz CT molecular complexity index is 465. The predicted molar refractivity (Wildman–Crippen MR) is 62.7 cm³/mol. The first-order valence-electron chi connectivity index (χ1n) is 5.41. The number of benzene rings is 1. The van der Waals surface area contributed by atoms with E-state index in [1.165, 1.54) is 0 Å². The van der Waals surface area contributed by atoms with Crippen LogP contribution in [0.3, 0.4) is 0 Å². The molecule has 0 saturated heterocycles. The van der Waals surface area contributed by atoms with Crippen molar-refractivity contribution in [1.82, 2.24) is 20.2 Å². The summed E-state index contributed by atoms with van der Waals surface area (Å²) in [5.41, 5.74) is 6.62. The number of rotatable bonds is 5. The van der Waals surface area contributed by atoms with E-state index in [1.807, 2.05) is 24.3 Å². The zero-order valence-electron chi connectivity index (χ0n) is 9.71. The molecular formula is C11H15N5O. The van der Waals surface area contributed by atoms with E-state index in [2.05, 4.69) is 15.5 Å². The van der Waals surface area contributed by atoms with Crippen LogP contribution < -0.4 is 10.5 Å². The Hall–Kier alpha value is -1.95. The van der Waals surface area contributed by atoms with Crippen LogP contribution in [-0.4, -0.2) is 33.9 Å². The van der Waals surface area contributed by atoms with E-state index in [0.717, 1.165) is 17.1 Å². The highest BCUT2D eigenvalue weighted by Crippen LogP contribution is 2.12. The molecule has 0 bridgehead atoms. The summed E-state index contributed by atoms with van der Waals surface area (Å²) in [6.45, 7) is 1.19. The molecule has 0 aliphatic heterocycles. The monoisotopic (exact) mass is 233 g/mol. The van der Waals surface area contributed by atoms with Gasteiger partial charge < -0.3 is 10.5 Å². The van der Waals surface area contributed by atoms with E-state index < -0.39 is 0 Å². The molecular weight excluding hydrogens is 218 g/mol. The lowest BCUT2D eigenvalue weighted by Crippen LogP contribution is -2.11. The summed E-state index contributed by atoms with van der Waals surface area (Å²) in [6.07, 6.45) is 0.684. The lowest BCUT2D eigenvalue weighted by molar-refractivity contribution is 0.414. The van der Waals surface area contributed by atoms with Crippen molar-refractivity contribution in [2.45, 2.75) is 13.0 Å². The van der Waals surface area contributed by atoms with Gasteiger partial charge in [0, 0.05) is 6.42 Å². The van der Waals surface area contributed by atoms with Crippen LogP contribution in [0.25, 0.3) is 0 Å². The summed E-state index contributed by atoms with van der Waals surface area (Å²) in [7, 11) is 1.65. The van der Waals surface area contributed by atoms with Gasteiger partial charge in [-0.25, -0.2) is 4.68 Å². The van der Waals surface area contributed by atoms with E-state index in [1.54, 1.807) is 11.8 Å². The first-order chi connectivity index (χ1) is 8.33. The summed E-state index contributed by atoms with van der Waals surface area (Å²) < 4.78 is 6.86. The summed E-state index contributed by atoms with van der Waals surface area (Å²) in [5, 5.41) is 11.5. The van der Waals surface area contributed by atoms with Gasteiger partial charge in [-0.1, -0.05) is 12.1 Å². The molecule has 1 heterocycles. The molecule has 17 heavy (non-hydrogen) atoms. The van der Waals surface area contributed by atoms with Gasteiger partial charge in [0.05, 0.1) is 13.7 Å². The van der Waals surface area contributed by atoms with E-state index >= 15 is 0 Å². The molecule has 0 fully saturated rings. The van der Waals surface area contributed by atoms with E-state index in [4.69, 9.17) is 10.5 Å². The van der Waals surface area contributed by atoms with Crippen LogP contribution in [0.1, 0.15) is 11.4 Å². The molecule has 0 amide bonds. The van der Waals surface area contributed by atoms with Gasteiger partial charge in [0.15, 0.2) is 5.82 Å². The minimum Gasteiger partial charge on any atom is -0.497 e. The predicted octanol–water partition coefficient (Wildman–Crippen LogP) is 0.231. The largest absolute Gasteiger partial charge is 0.497 e. The topological polar surface area (TPSA) is 78.8 Å². The van der Waals surface area contributed by atoms with Crippen molar-refractivity contribution in [3.05, 3.63) is 35.7 Å². The highest BCUT2D eigenvalue weighted by atomic mass is 16.5. The quantitative estimate of drug-likeness (QED) is 0.799. The van der Waals surface area contributed by atoms with Crippen LogP contribution in [0.5, 0.6) is 5.75 Å². The number of methoxy groups -OCH3 is 1. The second-order valence-electron chi connectivity index (χ2n) is 3.64. The molecule has 0 atom stereocenters. The molecule has 90 valence electrons. The van der Waals surface area contributed by atoms with Crippen LogP contribution >= 0.6 is 0 Å². The molecule has 0 aliphatic carbocycles. The number of aromatic nitrogens is 4. The lowest BCUT2D eigenvalue weighted by Gasteiger charge is -2.05. The zero-order chi connectivity index (χ0) is 12.1. The van der Waals surface area contributed by atoms with Crippen LogP contribution in [0.4, 0.5) is 0 Å². The van der Waals surface area contributed by atoms with Crippen molar-refractivity contribution in [3.63, 3.8) is 0 Å². The van der Waals surface area contributed by atoms with Crippen molar-refractivity contribution in [2.24, 2.45) is 5.73 Å². The standard InChI is InChI=1S/C11H15N5O/c1-17-10-4-2-9(3-5-10)8-16-11(6-7-12)13-14-15-16/h2-5H,6-8,12H2,1H3. The minimum atomic E-state index is 0.545. The second-order valence-corrected chi connectivity index (χ2v) is 3.64. The maximum atomic E-state index is 5.49. The maximum absolute atomic E-state index is 5.49. The first kappa shape index (κ1) is 11.5. The van der Waals surface area contributed by atoms with Crippen LogP contribution in [0, 0.1) is 0 Å². The molecule has 1 aromatic heterocycles. The molecule has 0 radical (unpaired) electrons. The Kier molecular flexibility index (Phi) is 3.66. The summed E-state index contributed by atoms with van der Waals surface area (Å²) in [6, 6.07) is 7.82. The minimum absolute atomic E-state index is 0.545.